The van der Waals surface area contributed by atoms with Crippen LogP contribution in [0.5, 0.6) is 5.75 Å². The Morgan fingerprint density at radius 1 is 1.43 bits per heavy atom. The molecule has 1 aromatic carbocycles. The van der Waals surface area contributed by atoms with Crippen LogP contribution in [-0.2, 0) is 22.6 Å². The first-order chi connectivity index (χ1) is 14.2. The SMILES string of the molecule is COc1ccc(S(=N)(=O)/C=C/CNC(=O)c2cc3c([nH]c2=O)CCC(C)C3)cc1F. The molecule has 2 unspecified atom stereocenters. The summed E-state index contributed by atoms with van der Waals surface area (Å²) in [6.45, 7) is 2.10. The van der Waals surface area contributed by atoms with Crippen LogP contribution >= 0.6 is 0 Å². The van der Waals surface area contributed by atoms with Crippen LogP contribution in [0.2, 0.25) is 0 Å². The zero-order chi connectivity index (χ0) is 21.9. The normalized spacial score (nSPS) is 17.9. The zero-order valence-electron chi connectivity index (χ0n) is 16.8. The first-order valence-electron chi connectivity index (χ1n) is 9.53. The van der Waals surface area contributed by atoms with E-state index in [-0.39, 0.29) is 22.8 Å². The fraction of sp³-hybridized carbons (Fsp3) is 0.333. The number of amides is 1. The highest BCUT2D eigenvalue weighted by Crippen LogP contribution is 2.24. The molecule has 0 aliphatic heterocycles. The van der Waals surface area contributed by atoms with Gasteiger partial charge in [-0.05, 0) is 55.0 Å². The lowest BCUT2D eigenvalue weighted by molar-refractivity contribution is 0.0956. The van der Waals surface area contributed by atoms with Gasteiger partial charge in [-0.25, -0.2) is 13.4 Å². The van der Waals surface area contributed by atoms with Crippen LogP contribution in [0.4, 0.5) is 4.39 Å². The molecule has 2 atom stereocenters. The standard InChI is InChI=1S/C21H24FN3O4S/c1-13-4-6-18-14(10-13)11-16(21(27)25-18)20(26)24-8-3-9-30(23,28)15-5-7-19(29-2)17(22)12-15/h3,5,7,9,11-13,23H,4,6,8,10H2,1-2H3,(H,24,26)(H,25,27)/b9-3+. The van der Waals surface area contributed by atoms with Gasteiger partial charge in [0.2, 0.25) is 0 Å². The van der Waals surface area contributed by atoms with Gasteiger partial charge in [0.05, 0.1) is 21.7 Å². The zero-order valence-corrected chi connectivity index (χ0v) is 17.6. The number of nitrogens with one attached hydrogen (secondary N) is 3. The molecule has 1 aromatic heterocycles. The van der Waals surface area contributed by atoms with E-state index in [0.717, 1.165) is 42.0 Å². The van der Waals surface area contributed by atoms with Gasteiger partial charge in [-0.15, -0.1) is 0 Å². The second-order valence-corrected chi connectivity index (χ2v) is 9.29. The van der Waals surface area contributed by atoms with Gasteiger partial charge in [-0.1, -0.05) is 13.0 Å². The topological polar surface area (TPSA) is 112 Å². The van der Waals surface area contributed by atoms with Crippen molar-refractivity contribution < 1.29 is 18.1 Å². The van der Waals surface area contributed by atoms with E-state index in [0.29, 0.717) is 5.92 Å². The van der Waals surface area contributed by atoms with Crippen LogP contribution in [0.1, 0.15) is 35.0 Å². The number of fused-ring (bicyclic) bond motifs is 1. The molecule has 160 valence electrons. The van der Waals surface area contributed by atoms with Crippen LogP contribution in [0, 0.1) is 16.5 Å². The molecule has 7 nitrogen and oxygen atoms in total. The number of benzene rings is 1. The first kappa shape index (κ1) is 21.8. The quantitative estimate of drug-likeness (QED) is 0.650. The van der Waals surface area contributed by atoms with Gasteiger partial charge in [0, 0.05) is 17.6 Å². The number of aromatic nitrogens is 1. The third-order valence-electron chi connectivity index (χ3n) is 5.06. The summed E-state index contributed by atoms with van der Waals surface area (Å²) in [5, 5.41) is 3.67. The number of aryl methyl sites for hydroxylation is 1. The molecule has 1 aliphatic rings. The number of carbonyl (C=O) groups is 1. The van der Waals surface area contributed by atoms with Crippen LogP contribution in [0.3, 0.4) is 0 Å². The van der Waals surface area contributed by atoms with E-state index in [2.05, 4.69) is 17.2 Å². The van der Waals surface area contributed by atoms with Crippen LogP contribution in [-0.4, -0.2) is 28.8 Å². The Bertz CT molecular complexity index is 1160. The van der Waals surface area contributed by atoms with E-state index < -0.39 is 27.0 Å². The summed E-state index contributed by atoms with van der Waals surface area (Å²) in [7, 11) is -2.08. The third-order valence-corrected chi connectivity index (χ3v) is 6.59. The number of halogens is 1. The highest BCUT2D eigenvalue weighted by Gasteiger charge is 2.20. The number of pyridine rings is 1. The largest absolute Gasteiger partial charge is 0.494 e. The number of methoxy groups -OCH3 is 1. The lowest BCUT2D eigenvalue weighted by atomic mass is 9.87. The molecule has 3 N–H and O–H groups in total. The smallest absolute Gasteiger partial charge is 0.261 e. The van der Waals surface area contributed by atoms with E-state index in [1.807, 2.05) is 0 Å². The Balaban J connectivity index is 1.67. The maximum Gasteiger partial charge on any atom is 0.261 e. The fourth-order valence-corrected chi connectivity index (χ4v) is 4.47. The molecule has 0 bridgehead atoms. The molecule has 0 fully saturated rings. The molecule has 1 heterocycles. The molecule has 1 aliphatic carbocycles. The van der Waals surface area contributed by atoms with Crippen molar-refractivity contribution in [2.24, 2.45) is 5.92 Å². The van der Waals surface area contributed by atoms with Crippen molar-refractivity contribution in [2.75, 3.05) is 13.7 Å². The van der Waals surface area contributed by atoms with Crippen molar-refractivity contribution in [3.63, 3.8) is 0 Å². The van der Waals surface area contributed by atoms with E-state index in [9.17, 15) is 18.2 Å². The fourth-order valence-electron chi connectivity index (χ4n) is 3.40. The van der Waals surface area contributed by atoms with Crippen LogP contribution in [0.15, 0.2) is 45.4 Å². The molecule has 0 saturated heterocycles. The average molecular weight is 434 g/mol. The summed E-state index contributed by atoms with van der Waals surface area (Å²) in [5.74, 6) is -0.767. The molecule has 0 radical (unpaired) electrons. The van der Waals surface area contributed by atoms with Gasteiger partial charge >= 0.3 is 0 Å². The van der Waals surface area contributed by atoms with Crippen molar-refractivity contribution in [1.29, 1.82) is 4.78 Å². The second kappa shape index (κ2) is 8.83. The van der Waals surface area contributed by atoms with Gasteiger partial charge in [0.1, 0.15) is 5.56 Å². The number of H-pyrrole nitrogens is 1. The maximum atomic E-state index is 13.8. The molecule has 30 heavy (non-hydrogen) atoms. The number of rotatable bonds is 6. The second-order valence-electron chi connectivity index (χ2n) is 7.34. The summed E-state index contributed by atoms with van der Waals surface area (Å²) in [5.41, 5.74) is 1.45. The van der Waals surface area contributed by atoms with Crippen molar-refractivity contribution in [3.8, 4) is 5.75 Å². The summed E-state index contributed by atoms with van der Waals surface area (Å²) in [6.07, 6.45) is 3.96. The Morgan fingerprint density at radius 3 is 2.90 bits per heavy atom. The summed E-state index contributed by atoms with van der Waals surface area (Å²) in [6, 6.07) is 5.28. The Hall–Kier alpha value is -2.94. The Kier molecular flexibility index (Phi) is 6.40. The van der Waals surface area contributed by atoms with Gasteiger partial charge in [-0.2, -0.15) is 0 Å². The number of carbonyl (C=O) groups excluding carboxylic acids is 1. The highest BCUT2D eigenvalue weighted by molar-refractivity contribution is 7.95. The van der Waals surface area contributed by atoms with Gasteiger partial charge in [-0.3, -0.25) is 9.59 Å². The van der Waals surface area contributed by atoms with Gasteiger partial charge in [0.15, 0.2) is 11.6 Å². The number of hydrogen-bond donors (Lipinski definition) is 3. The predicted octanol–water partition coefficient (Wildman–Crippen LogP) is 3.00. The van der Waals surface area contributed by atoms with E-state index in [4.69, 9.17) is 9.52 Å². The Morgan fingerprint density at radius 2 is 2.20 bits per heavy atom. The molecule has 1 amide bonds. The number of aromatic amines is 1. The minimum absolute atomic E-state index is 0.00476. The Labute approximate surface area is 174 Å². The van der Waals surface area contributed by atoms with Crippen molar-refractivity contribution in [2.45, 2.75) is 31.1 Å². The molecule has 2 aromatic rings. The summed E-state index contributed by atoms with van der Waals surface area (Å²) < 4.78 is 39.1. The van der Waals surface area contributed by atoms with Gasteiger partial charge < -0.3 is 15.0 Å². The third kappa shape index (κ3) is 4.79. The molecular weight excluding hydrogens is 409 g/mol. The monoisotopic (exact) mass is 433 g/mol. The van der Waals surface area contributed by atoms with Crippen LogP contribution in [0.25, 0.3) is 0 Å². The van der Waals surface area contributed by atoms with Crippen molar-refractivity contribution in [3.05, 3.63) is 68.7 Å². The first-order valence-corrected chi connectivity index (χ1v) is 11.2. The molecule has 0 spiro atoms. The molecular formula is C21H24FN3O4S. The van der Waals surface area contributed by atoms with Crippen molar-refractivity contribution >= 4 is 15.6 Å². The predicted molar refractivity (Wildman–Crippen MR) is 112 cm³/mol. The van der Waals surface area contributed by atoms with Gasteiger partial charge in [0.25, 0.3) is 11.5 Å². The van der Waals surface area contributed by atoms with E-state index in [1.165, 1.54) is 25.3 Å². The molecule has 3 rings (SSSR count). The average Bonchev–Trinajstić information content (AvgIpc) is 2.70. The number of hydrogen-bond acceptors (Lipinski definition) is 5. The summed E-state index contributed by atoms with van der Waals surface area (Å²) in [4.78, 5) is 27.4. The lowest BCUT2D eigenvalue weighted by Crippen LogP contribution is -2.31. The maximum absolute atomic E-state index is 13.8. The van der Waals surface area contributed by atoms with Crippen LogP contribution < -0.4 is 15.6 Å². The minimum atomic E-state index is -3.39. The summed E-state index contributed by atoms with van der Waals surface area (Å²) >= 11 is 0. The molecule has 0 saturated carbocycles. The minimum Gasteiger partial charge on any atom is -0.494 e. The molecule has 9 heteroatoms. The number of ether oxygens (including phenoxy) is 1. The van der Waals surface area contributed by atoms with Crippen molar-refractivity contribution in [1.82, 2.24) is 10.3 Å². The van der Waals surface area contributed by atoms with E-state index >= 15 is 0 Å². The van der Waals surface area contributed by atoms with E-state index in [1.54, 1.807) is 6.07 Å². The highest BCUT2D eigenvalue weighted by atomic mass is 32.2. The lowest BCUT2D eigenvalue weighted by Gasteiger charge is -2.21.